The molecule has 0 aliphatic carbocycles. The molecule has 0 radical (unpaired) electrons. The van der Waals surface area contributed by atoms with Gasteiger partial charge < -0.3 is 19.7 Å². The van der Waals surface area contributed by atoms with Gasteiger partial charge in [0.15, 0.2) is 0 Å². The number of carbonyl (C=O) groups is 3. The van der Waals surface area contributed by atoms with Gasteiger partial charge in [0.2, 0.25) is 6.41 Å². The number of benzene rings is 1. The van der Waals surface area contributed by atoms with E-state index in [4.69, 9.17) is 9.47 Å². The summed E-state index contributed by atoms with van der Waals surface area (Å²) in [6, 6.07) is 5.81. The Labute approximate surface area is 158 Å². The molecule has 2 aliphatic rings. The predicted octanol–water partition coefficient (Wildman–Crippen LogP) is 2.05. The first-order valence-corrected chi connectivity index (χ1v) is 9.01. The number of rotatable bonds is 4. The first-order chi connectivity index (χ1) is 12.7. The van der Waals surface area contributed by atoms with E-state index in [1.54, 1.807) is 30.6 Å². The van der Waals surface area contributed by atoms with Gasteiger partial charge in [0.1, 0.15) is 11.7 Å². The zero-order valence-corrected chi connectivity index (χ0v) is 15.9. The number of nitrogens with one attached hydrogen (secondary N) is 1. The van der Waals surface area contributed by atoms with Crippen LogP contribution in [0.25, 0.3) is 0 Å². The lowest BCUT2D eigenvalue weighted by molar-refractivity contribution is -0.118. The van der Waals surface area contributed by atoms with Gasteiger partial charge in [-0.2, -0.15) is 0 Å². The van der Waals surface area contributed by atoms with Gasteiger partial charge in [0.05, 0.1) is 13.1 Å². The molecule has 8 heteroatoms. The number of cyclic esters (lactones) is 1. The van der Waals surface area contributed by atoms with Crippen LogP contribution in [0.5, 0.6) is 0 Å². The van der Waals surface area contributed by atoms with Gasteiger partial charge in [0, 0.05) is 18.8 Å². The van der Waals surface area contributed by atoms with Crippen LogP contribution in [0.4, 0.5) is 15.3 Å². The van der Waals surface area contributed by atoms with Crippen molar-refractivity contribution < 1.29 is 23.9 Å². The van der Waals surface area contributed by atoms with Crippen molar-refractivity contribution in [3.8, 4) is 0 Å². The molecule has 1 fully saturated rings. The number of hydrogen-bond donors (Lipinski definition) is 1. The molecule has 27 heavy (non-hydrogen) atoms. The molecule has 0 saturated carbocycles. The Bertz CT molecular complexity index is 743. The van der Waals surface area contributed by atoms with Crippen molar-refractivity contribution >= 4 is 24.3 Å². The van der Waals surface area contributed by atoms with Crippen LogP contribution in [-0.2, 0) is 27.2 Å². The second kappa shape index (κ2) is 7.46. The molecule has 146 valence electrons. The fraction of sp³-hybridized carbons (Fsp3) is 0.526. The molecular formula is C19H25N3O5. The number of ether oxygens (including phenoxy) is 2. The Morgan fingerprint density at radius 1 is 1.37 bits per heavy atom. The van der Waals surface area contributed by atoms with Crippen LogP contribution in [0.3, 0.4) is 0 Å². The highest BCUT2D eigenvalue weighted by atomic mass is 16.6. The molecule has 1 N–H and O–H groups in total. The number of nitrogens with zero attached hydrogens (tertiary/aromatic N) is 2. The highest BCUT2D eigenvalue weighted by Gasteiger charge is 2.33. The van der Waals surface area contributed by atoms with Crippen LogP contribution in [0.1, 0.15) is 31.9 Å². The van der Waals surface area contributed by atoms with Crippen molar-refractivity contribution in [2.75, 3.05) is 24.5 Å². The molecule has 8 nitrogen and oxygen atoms in total. The van der Waals surface area contributed by atoms with Gasteiger partial charge in [-0.3, -0.25) is 9.69 Å². The largest absolute Gasteiger partial charge is 0.444 e. The zero-order chi connectivity index (χ0) is 19.6. The fourth-order valence-electron chi connectivity index (χ4n) is 3.17. The Morgan fingerprint density at radius 2 is 2.15 bits per heavy atom. The first-order valence-electron chi connectivity index (χ1n) is 9.01. The number of hydrogen-bond acceptors (Lipinski definition) is 5. The van der Waals surface area contributed by atoms with Crippen molar-refractivity contribution in [3.05, 3.63) is 29.3 Å². The highest BCUT2D eigenvalue weighted by molar-refractivity contribution is 5.90. The van der Waals surface area contributed by atoms with Gasteiger partial charge in [-0.05, 0) is 50.5 Å². The van der Waals surface area contributed by atoms with Gasteiger partial charge in [-0.15, -0.1) is 0 Å². The molecule has 0 aromatic heterocycles. The maximum atomic E-state index is 12.2. The first kappa shape index (κ1) is 19.0. The summed E-state index contributed by atoms with van der Waals surface area (Å²) in [5.74, 6) is 0. The molecule has 1 aromatic rings. The van der Waals surface area contributed by atoms with Crippen molar-refractivity contribution in [1.82, 2.24) is 10.2 Å². The molecular weight excluding hydrogens is 350 g/mol. The van der Waals surface area contributed by atoms with Crippen LogP contribution < -0.4 is 10.2 Å². The number of fused-ring (bicyclic) bond motifs is 1. The molecule has 3 amide bonds. The van der Waals surface area contributed by atoms with E-state index in [1.807, 2.05) is 18.2 Å². The molecule has 0 spiro atoms. The van der Waals surface area contributed by atoms with Crippen LogP contribution in [0, 0.1) is 0 Å². The van der Waals surface area contributed by atoms with Crippen LogP contribution >= 0.6 is 0 Å². The van der Waals surface area contributed by atoms with Crippen molar-refractivity contribution in [2.24, 2.45) is 0 Å². The minimum Gasteiger partial charge on any atom is -0.444 e. The number of carbonyl (C=O) groups excluding carboxylic acids is 3. The van der Waals surface area contributed by atoms with Crippen LogP contribution in [0.2, 0.25) is 0 Å². The molecule has 1 atom stereocenters. The van der Waals surface area contributed by atoms with E-state index in [2.05, 4.69) is 5.32 Å². The average molecular weight is 375 g/mol. The molecule has 1 saturated heterocycles. The maximum absolute atomic E-state index is 12.2. The number of alkyl carbamates (subject to hydrolysis) is 1. The fourth-order valence-corrected chi connectivity index (χ4v) is 3.17. The Hall–Kier alpha value is -2.77. The number of anilines is 1. The van der Waals surface area contributed by atoms with Crippen molar-refractivity contribution in [1.29, 1.82) is 0 Å². The Kier molecular flexibility index (Phi) is 5.25. The second-order valence-corrected chi connectivity index (χ2v) is 7.78. The second-order valence-electron chi connectivity index (χ2n) is 7.78. The summed E-state index contributed by atoms with van der Waals surface area (Å²) < 4.78 is 10.5. The van der Waals surface area contributed by atoms with E-state index >= 15 is 0 Å². The summed E-state index contributed by atoms with van der Waals surface area (Å²) in [6.45, 7) is 7.12. The van der Waals surface area contributed by atoms with E-state index < -0.39 is 23.9 Å². The normalized spacial score (nSPS) is 19.4. The third-order valence-corrected chi connectivity index (χ3v) is 4.44. The monoisotopic (exact) mass is 375 g/mol. The number of amides is 3. The highest BCUT2D eigenvalue weighted by Crippen LogP contribution is 2.27. The van der Waals surface area contributed by atoms with Gasteiger partial charge in [-0.1, -0.05) is 6.07 Å². The lowest BCUT2D eigenvalue weighted by atomic mass is 9.99. The standard InChI is InChI=1S/C19H25N3O5/c1-19(2,3)27-17(24)20-9-16-11-22(18(25)26-16)15-5-4-13-6-7-21(12-23)10-14(13)8-15/h4-5,8,12,16H,6-7,9-11H2,1-3H3,(H,20,24)/t16-/m0/s1. The van der Waals surface area contributed by atoms with Crippen LogP contribution in [-0.4, -0.2) is 54.8 Å². The van der Waals surface area contributed by atoms with E-state index in [0.29, 0.717) is 19.6 Å². The summed E-state index contributed by atoms with van der Waals surface area (Å²) in [5.41, 5.74) is 2.37. The summed E-state index contributed by atoms with van der Waals surface area (Å²) in [6.07, 6.45) is 0.209. The summed E-state index contributed by atoms with van der Waals surface area (Å²) in [4.78, 5) is 38.3. The van der Waals surface area contributed by atoms with Gasteiger partial charge >= 0.3 is 12.2 Å². The van der Waals surface area contributed by atoms with E-state index in [0.717, 1.165) is 24.1 Å². The SMILES string of the molecule is CC(C)(C)OC(=O)NC[C@H]1CN(c2ccc3c(c2)CN(C=O)CC3)C(=O)O1. The zero-order valence-electron chi connectivity index (χ0n) is 15.9. The maximum Gasteiger partial charge on any atom is 0.414 e. The molecule has 0 bridgehead atoms. The van der Waals surface area contributed by atoms with Gasteiger partial charge in [0.25, 0.3) is 0 Å². The molecule has 3 rings (SSSR count). The predicted molar refractivity (Wildman–Crippen MR) is 98.5 cm³/mol. The van der Waals surface area contributed by atoms with E-state index in [9.17, 15) is 14.4 Å². The minimum atomic E-state index is -0.582. The summed E-state index contributed by atoms with van der Waals surface area (Å²) in [5, 5.41) is 2.63. The molecule has 0 unspecified atom stereocenters. The topological polar surface area (TPSA) is 88.2 Å². The third-order valence-electron chi connectivity index (χ3n) is 4.44. The summed E-state index contributed by atoms with van der Waals surface area (Å²) >= 11 is 0. The summed E-state index contributed by atoms with van der Waals surface area (Å²) in [7, 11) is 0. The molecule has 2 aliphatic heterocycles. The molecule has 1 aromatic carbocycles. The lowest BCUT2D eigenvalue weighted by Crippen LogP contribution is -2.38. The van der Waals surface area contributed by atoms with Gasteiger partial charge in [-0.25, -0.2) is 9.59 Å². The van der Waals surface area contributed by atoms with E-state index in [1.165, 1.54) is 5.56 Å². The molecule has 2 heterocycles. The lowest BCUT2D eigenvalue weighted by Gasteiger charge is -2.26. The van der Waals surface area contributed by atoms with E-state index in [-0.39, 0.29) is 6.54 Å². The Balaban J connectivity index is 1.61. The van der Waals surface area contributed by atoms with Crippen molar-refractivity contribution in [2.45, 2.75) is 45.4 Å². The van der Waals surface area contributed by atoms with Crippen molar-refractivity contribution in [3.63, 3.8) is 0 Å². The average Bonchev–Trinajstić information content (AvgIpc) is 2.98. The van der Waals surface area contributed by atoms with Crippen LogP contribution in [0.15, 0.2) is 18.2 Å². The quantitative estimate of drug-likeness (QED) is 0.814. The Morgan fingerprint density at radius 3 is 2.85 bits per heavy atom. The third kappa shape index (κ3) is 4.69. The smallest absolute Gasteiger partial charge is 0.414 e. The minimum absolute atomic E-state index is 0.182.